The minimum absolute atomic E-state index is 0.417. The fourth-order valence-electron chi connectivity index (χ4n) is 2.13. The van der Waals surface area contributed by atoms with Crippen LogP contribution in [0.4, 0.5) is 0 Å². The molecule has 0 bridgehead atoms. The van der Waals surface area contributed by atoms with Crippen LogP contribution >= 0.6 is 11.3 Å². The first kappa shape index (κ1) is 14.1. The Bertz CT molecular complexity index is 745. The molecule has 0 saturated heterocycles. The molecule has 0 aliphatic rings. The highest BCUT2D eigenvalue weighted by molar-refractivity contribution is 7.15. The van der Waals surface area contributed by atoms with Gasteiger partial charge in [0.1, 0.15) is 11.4 Å². The number of aromatic nitrogens is 2. The van der Waals surface area contributed by atoms with E-state index in [4.69, 9.17) is 4.74 Å². The van der Waals surface area contributed by atoms with Crippen LogP contribution in [0.5, 0.6) is 11.6 Å². The molecule has 5 heteroatoms. The number of rotatable bonds is 5. The topological polar surface area (TPSA) is 38.6 Å². The summed E-state index contributed by atoms with van der Waals surface area (Å²) in [5, 5.41) is 5.47. The normalized spacial score (nSPS) is 11.4. The lowest BCUT2D eigenvalue weighted by molar-refractivity contribution is 0.449. The molecule has 4 nitrogen and oxygen atoms in total. The molecule has 0 aliphatic carbocycles. The van der Waals surface area contributed by atoms with E-state index in [1.165, 1.54) is 0 Å². The summed E-state index contributed by atoms with van der Waals surface area (Å²) >= 11 is 1.62. The number of fused-ring (bicyclic) bond motifs is 1. The van der Waals surface area contributed by atoms with Crippen LogP contribution in [0.3, 0.4) is 0 Å². The number of nitrogens with zero attached hydrogens (tertiary/aromatic N) is 2. The summed E-state index contributed by atoms with van der Waals surface area (Å²) < 4.78 is 8.14. The molecule has 1 N–H and O–H groups in total. The number of ether oxygens (including phenoxy) is 1. The average Bonchev–Trinajstić information content (AvgIpc) is 3.00. The van der Waals surface area contributed by atoms with Gasteiger partial charge in [0.15, 0.2) is 4.96 Å². The monoisotopic (exact) mass is 301 g/mol. The lowest BCUT2D eigenvalue weighted by atomic mass is 10.2. The lowest BCUT2D eigenvalue weighted by Crippen LogP contribution is -2.22. The van der Waals surface area contributed by atoms with Gasteiger partial charge < -0.3 is 10.1 Å². The maximum atomic E-state index is 6.05. The van der Waals surface area contributed by atoms with Gasteiger partial charge in [0, 0.05) is 24.2 Å². The molecule has 21 heavy (non-hydrogen) atoms. The summed E-state index contributed by atoms with van der Waals surface area (Å²) in [6.07, 6.45) is 2.04. The molecule has 1 aromatic carbocycles. The Morgan fingerprint density at radius 3 is 2.90 bits per heavy atom. The van der Waals surface area contributed by atoms with E-state index in [-0.39, 0.29) is 0 Å². The van der Waals surface area contributed by atoms with Gasteiger partial charge in [-0.15, -0.1) is 11.3 Å². The fourth-order valence-corrected chi connectivity index (χ4v) is 2.86. The van der Waals surface area contributed by atoms with Gasteiger partial charge in [-0.1, -0.05) is 32.0 Å². The van der Waals surface area contributed by atoms with Crippen molar-refractivity contribution in [3.8, 4) is 11.6 Å². The molecule has 3 rings (SSSR count). The van der Waals surface area contributed by atoms with Crippen LogP contribution in [-0.4, -0.2) is 15.4 Å². The maximum Gasteiger partial charge on any atom is 0.243 e. The molecule has 2 heterocycles. The Morgan fingerprint density at radius 1 is 1.33 bits per heavy atom. The van der Waals surface area contributed by atoms with Crippen LogP contribution in [0.1, 0.15) is 25.1 Å². The number of imidazole rings is 1. The van der Waals surface area contributed by atoms with Gasteiger partial charge in [0.05, 0.1) is 0 Å². The van der Waals surface area contributed by atoms with Crippen molar-refractivity contribution in [2.75, 3.05) is 0 Å². The van der Waals surface area contributed by atoms with Crippen LogP contribution in [0.25, 0.3) is 4.96 Å². The number of nitrogens with one attached hydrogen (secondary N) is 1. The number of thiazole rings is 1. The van der Waals surface area contributed by atoms with Crippen LogP contribution in [0, 0.1) is 6.92 Å². The van der Waals surface area contributed by atoms with Crippen molar-refractivity contribution in [2.24, 2.45) is 0 Å². The molecule has 110 valence electrons. The van der Waals surface area contributed by atoms with Gasteiger partial charge >= 0.3 is 0 Å². The first-order valence-corrected chi connectivity index (χ1v) is 7.94. The van der Waals surface area contributed by atoms with E-state index in [0.29, 0.717) is 11.9 Å². The number of para-hydroxylation sites is 1. The maximum absolute atomic E-state index is 6.05. The standard InChI is InChI=1S/C16H19N3OS/c1-11(2)17-10-13-15(18-16-19(13)8-9-21-16)20-14-7-5-4-6-12(14)3/h4-9,11,17H,10H2,1-3H3. The van der Waals surface area contributed by atoms with Crippen molar-refractivity contribution >= 4 is 16.3 Å². The summed E-state index contributed by atoms with van der Waals surface area (Å²) in [6, 6.07) is 8.42. The molecule has 0 unspecified atom stereocenters. The number of benzene rings is 1. The molecule has 0 fully saturated rings. The van der Waals surface area contributed by atoms with Crippen molar-refractivity contribution in [1.82, 2.24) is 14.7 Å². The Hall–Kier alpha value is -1.85. The quantitative estimate of drug-likeness (QED) is 0.774. The minimum atomic E-state index is 0.417. The van der Waals surface area contributed by atoms with E-state index in [9.17, 15) is 0 Å². The van der Waals surface area contributed by atoms with E-state index in [1.807, 2.05) is 42.8 Å². The molecule has 2 aromatic heterocycles. The second kappa shape index (κ2) is 5.87. The van der Waals surface area contributed by atoms with Crippen molar-refractivity contribution in [3.05, 3.63) is 47.1 Å². The highest BCUT2D eigenvalue weighted by atomic mass is 32.1. The van der Waals surface area contributed by atoms with Gasteiger partial charge in [0.25, 0.3) is 0 Å². The zero-order chi connectivity index (χ0) is 14.8. The van der Waals surface area contributed by atoms with Crippen LogP contribution in [0.15, 0.2) is 35.8 Å². The first-order valence-electron chi connectivity index (χ1n) is 7.06. The Balaban J connectivity index is 1.95. The molecule has 0 spiro atoms. The Morgan fingerprint density at radius 2 is 2.14 bits per heavy atom. The summed E-state index contributed by atoms with van der Waals surface area (Å²) in [5.74, 6) is 1.54. The van der Waals surface area contributed by atoms with Crippen LogP contribution < -0.4 is 10.1 Å². The Kier molecular flexibility index (Phi) is 3.94. The predicted octanol–water partition coefficient (Wildman–Crippen LogP) is 3.99. The molecule has 0 radical (unpaired) electrons. The third-order valence-electron chi connectivity index (χ3n) is 3.30. The van der Waals surface area contributed by atoms with Crippen LogP contribution in [0.2, 0.25) is 0 Å². The Labute approximate surface area is 128 Å². The molecule has 0 saturated carbocycles. The average molecular weight is 301 g/mol. The SMILES string of the molecule is Cc1ccccc1Oc1nc2sccn2c1CNC(C)C. The third kappa shape index (κ3) is 2.94. The second-order valence-corrected chi connectivity index (χ2v) is 6.20. The highest BCUT2D eigenvalue weighted by Gasteiger charge is 2.16. The molecule has 0 atom stereocenters. The molecule has 0 aliphatic heterocycles. The zero-order valence-electron chi connectivity index (χ0n) is 12.5. The second-order valence-electron chi connectivity index (χ2n) is 5.32. The fraction of sp³-hybridized carbons (Fsp3) is 0.312. The van der Waals surface area contributed by atoms with E-state index in [1.54, 1.807) is 11.3 Å². The zero-order valence-corrected chi connectivity index (χ0v) is 13.3. The van der Waals surface area contributed by atoms with Gasteiger partial charge in [-0.3, -0.25) is 4.40 Å². The van der Waals surface area contributed by atoms with Gasteiger partial charge in [-0.05, 0) is 18.6 Å². The van der Waals surface area contributed by atoms with Crippen LogP contribution in [-0.2, 0) is 6.54 Å². The van der Waals surface area contributed by atoms with E-state index in [2.05, 4.69) is 28.5 Å². The molecular formula is C16H19N3OS. The van der Waals surface area contributed by atoms with E-state index in [0.717, 1.165) is 28.5 Å². The summed E-state index contributed by atoms with van der Waals surface area (Å²) in [4.78, 5) is 5.56. The predicted molar refractivity (Wildman–Crippen MR) is 86.3 cm³/mol. The van der Waals surface area contributed by atoms with E-state index >= 15 is 0 Å². The van der Waals surface area contributed by atoms with E-state index < -0.39 is 0 Å². The number of hydrogen-bond donors (Lipinski definition) is 1. The third-order valence-corrected chi connectivity index (χ3v) is 4.06. The van der Waals surface area contributed by atoms with Gasteiger partial charge in [0.2, 0.25) is 5.88 Å². The molecule has 0 amide bonds. The van der Waals surface area contributed by atoms with Crippen molar-refractivity contribution in [2.45, 2.75) is 33.4 Å². The lowest BCUT2D eigenvalue weighted by Gasteiger charge is -2.10. The number of hydrogen-bond acceptors (Lipinski definition) is 4. The highest BCUT2D eigenvalue weighted by Crippen LogP contribution is 2.29. The summed E-state index contributed by atoms with van der Waals surface area (Å²) in [5.41, 5.74) is 2.17. The minimum Gasteiger partial charge on any atom is -0.437 e. The summed E-state index contributed by atoms with van der Waals surface area (Å²) in [7, 11) is 0. The van der Waals surface area contributed by atoms with Crippen molar-refractivity contribution < 1.29 is 4.74 Å². The summed E-state index contributed by atoms with van der Waals surface area (Å²) in [6.45, 7) is 7.04. The largest absolute Gasteiger partial charge is 0.437 e. The number of aryl methyl sites for hydroxylation is 1. The first-order chi connectivity index (χ1) is 10.1. The van der Waals surface area contributed by atoms with Gasteiger partial charge in [-0.2, -0.15) is 4.98 Å². The molecular weight excluding hydrogens is 282 g/mol. The smallest absolute Gasteiger partial charge is 0.243 e. The van der Waals surface area contributed by atoms with Crippen molar-refractivity contribution in [1.29, 1.82) is 0 Å². The van der Waals surface area contributed by atoms with Crippen molar-refractivity contribution in [3.63, 3.8) is 0 Å². The molecule has 3 aromatic rings. The van der Waals surface area contributed by atoms with Gasteiger partial charge in [-0.25, -0.2) is 0 Å².